The molecule has 5 atom stereocenters. The van der Waals surface area contributed by atoms with E-state index in [1.54, 1.807) is 0 Å². The maximum Gasteiger partial charge on any atom is 0.246 e. The number of aliphatic hydroxyl groups excluding tert-OH is 1. The third-order valence-corrected chi connectivity index (χ3v) is 6.35. The summed E-state index contributed by atoms with van der Waals surface area (Å²) in [6, 6.07) is 29.1. The van der Waals surface area contributed by atoms with Gasteiger partial charge in [-0.2, -0.15) is 0 Å². The summed E-state index contributed by atoms with van der Waals surface area (Å²) < 4.78 is 30.5. The highest BCUT2D eigenvalue weighted by atomic mass is 16.7. The van der Waals surface area contributed by atoms with Gasteiger partial charge in [-0.05, 0) is 16.7 Å². The Morgan fingerprint density at radius 1 is 0.800 bits per heavy atom. The molecule has 210 valence electrons. The summed E-state index contributed by atoms with van der Waals surface area (Å²) in [7, 11) is 0. The molecule has 1 amide bonds. The Hall–Kier alpha value is -3.55. The van der Waals surface area contributed by atoms with Crippen molar-refractivity contribution in [3.63, 3.8) is 0 Å². The molecular formula is C32H35NO7. The number of nitrogens with one attached hydrogen (secondary N) is 1. The van der Waals surface area contributed by atoms with Crippen LogP contribution in [0.3, 0.4) is 0 Å². The van der Waals surface area contributed by atoms with Gasteiger partial charge in [-0.15, -0.1) is 6.42 Å². The maximum absolute atomic E-state index is 12.1. The third-order valence-electron chi connectivity index (χ3n) is 6.35. The first-order valence-electron chi connectivity index (χ1n) is 13.2. The Balaban J connectivity index is 1.51. The second kappa shape index (κ2) is 15.9. The van der Waals surface area contributed by atoms with Crippen LogP contribution in [0.1, 0.15) is 16.7 Å². The van der Waals surface area contributed by atoms with Gasteiger partial charge >= 0.3 is 0 Å². The molecule has 4 rings (SSSR count). The predicted molar refractivity (Wildman–Crippen MR) is 149 cm³/mol. The molecular weight excluding hydrogens is 510 g/mol. The molecule has 0 saturated carbocycles. The normalized spacial score (nSPS) is 22.4. The molecule has 1 aliphatic rings. The fourth-order valence-electron chi connectivity index (χ4n) is 4.32. The number of benzene rings is 3. The Morgan fingerprint density at radius 3 is 1.88 bits per heavy atom. The van der Waals surface area contributed by atoms with Gasteiger partial charge in [0.15, 0.2) is 6.29 Å². The van der Waals surface area contributed by atoms with E-state index in [0.29, 0.717) is 6.61 Å². The summed E-state index contributed by atoms with van der Waals surface area (Å²) in [4.78, 5) is 12.1. The lowest BCUT2D eigenvalue weighted by atomic mass is 9.98. The van der Waals surface area contributed by atoms with E-state index < -0.39 is 36.6 Å². The summed E-state index contributed by atoms with van der Waals surface area (Å²) >= 11 is 0. The van der Waals surface area contributed by atoms with Gasteiger partial charge in [0.05, 0.1) is 33.0 Å². The molecule has 0 bridgehead atoms. The Morgan fingerprint density at radius 2 is 1.32 bits per heavy atom. The van der Waals surface area contributed by atoms with E-state index in [9.17, 15) is 9.90 Å². The number of amides is 1. The van der Waals surface area contributed by atoms with E-state index in [2.05, 4.69) is 11.2 Å². The number of rotatable bonds is 14. The zero-order valence-electron chi connectivity index (χ0n) is 22.3. The lowest BCUT2D eigenvalue weighted by molar-refractivity contribution is -0.317. The molecule has 1 fully saturated rings. The van der Waals surface area contributed by atoms with E-state index in [1.807, 2.05) is 91.0 Å². The van der Waals surface area contributed by atoms with Gasteiger partial charge in [0.1, 0.15) is 31.0 Å². The van der Waals surface area contributed by atoms with Crippen molar-refractivity contribution < 1.29 is 33.6 Å². The average Bonchev–Trinajstić information content (AvgIpc) is 3.00. The van der Waals surface area contributed by atoms with E-state index in [-0.39, 0.29) is 33.0 Å². The van der Waals surface area contributed by atoms with Crippen molar-refractivity contribution in [2.24, 2.45) is 0 Å². The van der Waals surface area contributed by atoms with E-state index in [0.717, 1.165) is 16.7 Å². The molecule has 40 heavy (non-hydrogen) atoms. The lowest BCUT2D eigenvalue weighted by Crippen LogP contribution is -2.61. The van der Waals surface area contributed by atoms with Crippen molar-refractivity contribution in [3.05, 3.63) is 108 Å². The minimum absolute atomic E-state index is 0.0738. The van der Waals surface area contributed by atoms with Crippen LogP contribution in [0.5, 0.6) is 0 Å². The van der Waals surface area contributed by atoms with Gasteiger partial charge in [0.2, 0.25) is 5.91 Å². The second-order valence-electron chi connectivity index (χ2n) is 9.35. The summed E-state index contributed by atoms with van der Waals surface area (Å²) in [6.07, 6.45) is 0.643. The molecule has 3 aromatic rings. The maximum atomic E-state index is 12.1. The highest BCUT2D eigenvalue weighted by Crippen LogP contribution is 2.29. The molecule has 1 heterocycles. The fourth-order valence-corrected chi connectivity index (χ4v) is 4.32. The van der Waals surface area contributed by atoms with Crippen molar-refractivity contribution in [1.29, 1.82) is 0 Å². The van der Waals surface area contributed by atoms with Crippen LogP contribution in [0.2, 0.25) is 0 Å². The average molecular weight is 546 g/mol. The molecule has 3 aromatic carbocycles. The second-order valence-corrected chi connectivity index (χ2v) is 9.35. The monoisotopic (exact) mass is 545 g/mol. The summed E-state index contributed by atoms with van der Waals surface area (Å²) in [5, 5.41) is 13.9. The topological polar surface area (TPSA) is 95.5 Å². The smallest absolute Gasteiger partial charge is 0.246 e. The third kappa shape index (κ3) is 9.00. The van der Waals surface area contributed by atoms with Crippen LogP contribution in [0, 0.1) is 12.3 Å². The van der Waals surface area contributed by atoms with Crippen molar-refractivity contribution in [3.8, 4) is 12.3 Å². The molecule has 8 nitrogen and oxygen atoms in total. The highest BCUT2D eigenvalue weighted by molar-refractivity contribution is 5.77. The van der Waals surface area contributed by atoms with Gasteiger partial charge in [-0.25, -0.2) is 0 Å². The molecule has 0 radical (unpaired) electrons. The SMILES string of the molecule is C#CCNC(=O)CO[C@@H]1O[C@H](COCc2ccccc2)[C@@H](OCc2ccccc2)[C@H](OCc2ccccc2)[C@H]1O. The molecule has 0 aliphatic carbocycles. The van der Waals surface area contributed by atoms with Gasteiger partial charge in [0.25, 0.3) is 0 Å². The van der Waals surface area contributed by atoms with Crippen LogP contribution in [-0.4, -0.2) is 61.5 Å². The first-order valence-corrected chi connectivity index (χ1v) is 13.2. The standard InChI is InChI=1S/C32H35NO7/c1-2-18-33-28(34)23-39-32-29(35)31(38-21-26-16-10-5-11-17-26)30(37-20-25-14-8-4-9-15-25)27(40-32)22-36-19-24-12-6-3-7-13-24/h1,3-17,27,29-32,35H,18-23H2,(H,33,34)/t27-,29-,30-,31-,32-/m1/s1. The number of carbonyl (C=O) groups is 1. The first-order chi connectivity index (χ1) is 19.6. The van der Waals surface area contributed by atoms with Crippen LogP contribution in [0.25, 0.3) is 0 Å². The first kappa shape index (κ1) is 29.4. The molecule has 1 saturated heterocycles. The van der Waals surface area contributed by atoms with Gasteiger partial charge < -0.3 is 34.1 Å². The van der Waals surface area contributed by atoms with Crippen LogP contribution >= 0.6 is 0 Å². The van der Waals surface area contributed by atoms with Crippen molar-refractivity contribution in [1.82, 2.24) is 5.32 Å². The quantitative estimate of drug-likeness (QED) is 0.301. The predicted octanol–water partition coefficient (Wildman–Crippen LogP) is 3.23. The van der Waals surface area contributed by atoms with E-state index in [1.165, 1.54) is 0 Å². The van der Waals surface area contributed by atoms with Crippen LogP contribution < -0.4 is 5.32 Å². The number of hydrogen-bond acceptors (Lipinski definition) is 7. The lowest BCUT2D eigenvalue weighted by Gasteiger charge is -2.44. The van der Waals surface area contributed by atoms with Gasteiger partial charge in [-0.1, -0.05) is 96.9 Å². The Kier molecular flexibility index (Phi) is 11.7. The minimum Gasteiger partial charge on any atom is -0.385 e. The van der Waals surface area contributed by atoms with Gasteiger partial charge in [-0.3, -0.25) is 4.79 Å². The van der Waals surface area contributed by atoms with E-state index in [4.69, 9.17) is 30.1 Å². The Bertz CT molecular complexity index is 1190. The number of aliphatic hydroxyl groups is 1. The zero-order chi connectivity index (χ0) is 28.0. The van der Waals surface area contributed by atoms with Crippen molar-refractivity contribution in [2.45, 2.75) is 50.5 Å². The summed E-state index contributed by atoms with van der Waals surface area (Å²) in [5.74, 6) is 1.92. The largest absolute Gasteiger partial charge is 0.385 e. The van der Waals surface area contributed by atoms with Crippen LogP contribution in [-0.2, 0) is 48.3 Å². The van der Waals surface area contributed by atoms with Crippen molar-refractivity contribution in [2.75, 3.05) is 19.8 Å². The fraction of sp³-hybridized carbons (Fsp3) is 0.344. The van der Waals surface area contributed by atoms with Crippen LogP contribution in [0.15, 0.2) is 91.0 Å². The Labute approximate surface area is 235 Å². The highest BCUT2D eigenvalue weighted by Gasteiger charge is 2.47. The number of carbonyl (C=O) groups excluding carboxylic acids is 1. The van der Waals surface area contributed by atoms with E-state index >= 15 is 0 Å². The molecule has 0 aromatic heterocycles. The molecule has 2 N–H and O–H groups in total. The van der Waals surface area contributed by atoms with Crippen molar-refractivity contribution >= 4 is 5.91 Å². The molecule has 0 spiro atoms. The van der Waals surface area contributed by atoms with Gasteiger partial charge in [0, 0.05) is 0 Å². The summed E-state index contributed by atoms with van der Waals surface area (Å²) in [6.45, 7) is 0.759. The molecule has 1 aliphatic heterocycles. The number of ether oxygens (including phenoxy) is 5. The molecule has 8 heteroatoms. The summed E-state index contributed by atoms with van der Waals surface area (Å²) in [5.41, 5.74) is 2.91. The minimum atomic E-state index is -1.24. The molecule has 0 unspecified atom stereocenters. The van der Waals surface area contributed by atoms with Crippen LogP contribution in [0.4, 0.5) is 0 Å². The number of terminal acetylenes is 1. The zero-order valence-corrected chi connectivity index (χ0v) is 22.3. The number of hydrogen-bond donors (Lipinski definition) is 2.